The molecule has 0 fully saturated rings. The molecular formula is C14H9N5. The molecule has 0 saturated carbocycles. The highest BCUT2D eigenvalue weighted by Crippen LogP contribution is 2.26. The van der Waals surface area contributed by atoms with Gasteiger partial charge in [-0.2, -0.15) is 4.68 Å². The fourth-order valence-electron chi connectivity index (χ4n) is 2.33. The van der Waals surface area contributed by atoms with Gasteiger partial charge < -0.3 is 0 Å². The number of tetrazole rings is 1. The van der Waals surface area contributed by atoms with Crippen LogP contribution in [-0.2, 0) is 0 Å². The van der Waals surface area contributed by atoms with E-state index in [1.165, 1.54) is 5.39 Å². The van der Waals surface area contributed by atoms with Crippen molar-refractivity contribution in [3.05, 3.63) is 55.0 Å². The molecule has 0 aliphatic rings. The number of rotatable bonds is 1. The highest BCUT2D eigenvalue weighted by atomic mass is 15.5. The van der Waals surface area contributed by atoms with E-state index in [-0.39, 0.29) is 0 Å². The third-order valence-electron chi connectivity index (χ3n) is 3.19. The van der Waals surface area contributed by atoms with Gasteiger partial charge in [0.15, 0.2) is 0 Å². The summed E-state index contributed by atoms with van der Waals surface area (Å²) in [6.45, 7) is 0. The molecule has 4 aromatic rings. The molecule has 2 aromatic carbocycles. The first kappa shape index (κ1) is 10.1. The van der Waals surface area contributed by atoms with Gasteiger partial charge in [-0.3, -0.25) is 4.98 Å². The molecule has 0 radical (unpaired) electrons. The summed E-state index contributed by atoms with van der Waals surface area (Å²) in [7, 11) is 0. The van der Waals surface area contributed by atoms with Crippen LogP contribution in [-0.4, -0.2) is 25.2 Å². The van der Waals surface area contributed by atoms with Crippen molar-refractivity contribution in [2.24, 2.45) is 0 Å². The minimum atomic E-state index is 0.883. The molecule has 0 amide bonds. The molecule has 2 aromatic heterocycles. The van der Waals surface area contributed by atoms with Crippen molar-refractivity contribution in [1.29, 1.82) is 0 Å². The van der Waals surface area contributed by atoms with Gasteiger partial charge in [0, 0.05) is 17.0 Å². The highest BCUT2D eigenvalue weighted by Gasteiger charge is 2.07. The van der Waals surface area contributed by atoms with Gasteiger partial charge >= 0.3 is 0 Å². The average molecular weight is 247 g/mol. The minimum Gasteiger partial charge on any atom is -0.253 e. The van der Waals surface area contributed by atoms with E-state index in [2.05, 4.69) is 38.7 Å². The number of hydrogen-bond acceptors (Lipinski definition) is 4. The van der Waals surface area contributed by atoms with Crippen molar-refractivity contribution in [2.45, 2.75) is 0 Å². The third kappa shape index (κ3) is 1.48. The van der Waals surface area contributed by atoms with E-state index < -0.39 is 0 Å². The maximum absolute atomic E-state index is 4.55. The monoisotopic (exact) mass is 247 g/mol. The minimum absolute atomic E-state index is 0.883. The molecule has 0 spiro atoms. The second-order valence-electron chi connectivity index (χ2n) is 4.27. The number of fused-ring (bicyclic) bond motifs is 3. The van der Waals surface area contributed by atoms with Crippen LogP contribution in [0.1, 0.15) is 0 Å². The summed E-state index contributed by atoms with van der Waals surface area (Å²) >= 11 is 0. The summed E-state index contributed by atoms with van der Waals surface area (Å²) in [5.41, 5.74) is 1.78. The van der Waals surface area contributed by atoms with Crippen LogP contribution in [0.2, 0.25) is 0 Å². The molecule has 5 nitrogen and oxygen atoms in total. The first-order valence-electron chi connectivity index (χ1n) is 5.93. The zero-order valence-electron chi connectivity index (χ0n) is 9.93. The van der Waals surface area contributed by atoms with Crippen LogP contribution in [0, 0.1) is 0 Å². The first-order valence-corrected chi connectivity index (χ1v) is 5.93. The van der Waals surface area contributed by atoms with Crippen LogP contribution in [0.5, 0.6) is 0 Å². The van der Waals surface area contributed by atoms with Crippen molar-refractivity contribution in [2.75, 3.05) is 0 Å². The predicted molar refractivity (Wildman–Crippen MR) is 72.0 cm³/mol. The van der Waals surface area contributed by atoms with E-state index in [1.807, 2.05) is 30.5 Å². The Hall–Kier alpha value is -2.82. The molecule has 0 aliphatic carbocycles. The Balaban J connectivity index is 2.15. The average Bonchev–Trinajstić information content (AvgIpc) is 3.00. The zero-order valence-corrected chi connectivity index (χ0v) is 9.93. The van der Waals surface area contributed by atoms with Crippen LogP contribution >= 0.6 is 0 Å². The molecule has 19 heavy (non-hydrogen) atoms. The maximum Gasteiger partial charge on any atom is 0.143 e. The quantitative estimate of drug-likeness (QED) is 0.484. The lowest BCUT2D eigenvalue weighted by molar-refractivity contribution is 0.792. The molecule has 0 bridgehead atoms. The Kier molecular flexibility index (Phi) is 2.05. The molecule has 4 rings (SSSR count). The van der Waals surface area contributed by atoms with Gasteiger partial charge in [0.25, 0.3) is 0 Å². The molecular weight excluding hydrogens is 238 g/mol. The van der Waals surface area contributed by atoms with Crippen molar-refractivity contribution >= 4 is 21.7 Å². The standard InChI is InChI=1S/C14H9N5/c1-2-5-11-10(4-1)8-15-14-12(11)6-3-7-13(14)19-9-16-17-18-19/h1-9H. The van der Waals surface area contributed by atoms with Crippen molar-refractivity contribution < 1.29 is 0 Å². The second kappa shape index (κ2) is 3.84. The van der Waals surface area contributed by atoms with Crippen LogP contribution in [0.3, 0.4) is 0 Å². The van der Waals surface area contributed by atoms with Gasteiger partial charge in [-0.25, -0.2) is 0 Å². The molecule has 0 atom stereocenters. The fraction of sp³-hybridized carbons (Fsp3) is 0. The van der Waals surface area contributed by atoms with Crippen LogP contribution in [0.25, 0.3) is 27.4 Å². The largest absolute Gasteiger partial charge is 0.253 e. The van der Waals surface area contributed by atoms with Crippen LogP contribution in [0.4, 0.5) is 0 Å². The van der Waals surface area contributed by atoms with Gasteiger partial charge in [-0.05, 0) is 21.9 Å². The van der Waals surface area contributed by atoms with E-state index in [0.717, 1.165) is 22.0 Å². The van der Waals surface area contributed by atoms with E-state index in [9.17, 15) is 0 Å². The molecule has 0 unspecified atom stereocenters. The van der Waals surface area contributed by atoms with Crippen LogP contribution in [0.15, 0.2) is 55.0 Å². The maximum atomic E-state index is 4.55. The molecule has 2 heterocycles. The van der Waals surface area contributed by atoms with Gasteiger partial charge in [0.1, 0.15) is 6.33 Å². The number of nitrogens with zero attached hydrogens (tertiary/aromatic N) is 5. The fourth-order valence-corrected chi connectivity index (χ4v) is 2.33. The van der Waals surface area contributed by atoms with Crippen LogP contribution < -0.4 is 0 Å². The number of pyridine rings is 1. The summed E-state index contributed by atoms with van der Waals surface area (Å²) in [6.07, 6.45) is 3.46. The summed E-state index contributed by atoms with van der Waals surface area (Å²) in [4.78, 5) is 4.55. The molecule has 0 saturated heterocycles. The Morgan fingerprint density at radius 3 is 2.68 bits per heavy atom. The number of para-hydroxylation sites is 1. The number of aromatic nitrogens is 5. The zero-order chi connectivity index (χ0) is 12.7. The number of benzene rings is 2. The lowest BCUT2D eigenvalue weighted by atomic mass is 10.1. The Labute approximate surface area is 108 Å². The first-order chi connectivity index (χ1) is 9.43. The Bertz CT molecular complexity index is 867. The Morgan fingerprint density at radius 1 is 0.895 bits per heavy atom. The SMILES string of the molecule is c1ccc2c(c1)cnc1c(-n3cnnn3)cccc12. The smallest absolute Gasteiger partial charge is 0.143 e. The lowest BCUT2D eigenvalue weighted by Crippen LogP contribution is -1.97. The second-order valence-corrected chi connectivity index (χ2v) is 4.27. The predicted octanol–water partition coefficient (Wildman–Crippen LogP) is 2.36. The van der Waals surface area contributed by atoms with Crippen molar-refractivity contribution in [1.82, 2.24) is 25.2 Å². The summed E-state index contributed by atoms with van der Waals surface area (Å²) in [5.74, 6) is 0. The van der Waals surface area contributed by atoms with E-state index in [0.29, 0.717) is 0 Å². The molecule has 0 aliphatic heterocycles. The van der Waals surface area contributed by atoms with Gasteiger partial charge in [-0.1, -0.05) is 36.4 Å². The highest BCUT2D eigenvalue weighted by molar-refractivity contribution is 6.07. The van der Waals surface area contributed by atoms with E-state index in [1.54, 1.807) is 11.0 Å². The summed E-state index contributed by atoms with van der Waals surface area (Å²) in [5, 5.41) is 14.7. The normalized spacial score (nSPS) is 11.2. The molecule has 0 N–H and O–H groups in total. The Morgan fingerprint density at radius 2 is 1.79 bits per heavy atom. The third-order valence-corrected chi connectivity index (χ3v) is 3.19. The van der Waals surface area contributed by atoms with Crippen molar-refractivity contribution in [3.63, 3.8) is 0 Å². The van der Waals surface area contributed by atoms with Gasteiger partial charge in [0.2, 0.25) is 0 Å². The van der Waals surface area contributed by atoms with Gasteiger partial charge in [-0.15, -0.1) is 5.10 Å². The summed E-state index contributed by atoms with van der Waals surface area (Å²) in [6, 6.07) is 14.2. The van der Waals surface area contributed by atoms with Crippen molar-refractivity contribution in [3.8, 4) is 5.69 Å². The van der Waals surface area contributed by atoms with E-state index in [4.69, 9.17) is 0 Å². The molecule has 5 heteroatoms. The topological polar surface area (TPSA) is 56.5 Å². The van der Waals surface area contributed by atoms with E-state index >= 15 is 0 Å². The van der Waals surface area contributed by atoms with Gasteiger partial charge in [0.05, 0.1) is 11.2 Å². The number of hydrogen-bond donors (Lipinski definition) is 0. The summed E-state index contributed by atoms with van der Waals surface area (Å²) < 4.78 is 1.63. The molecule has 90 valence electrons. The lowest BCUT2D eigenvalue weighted by Gasteiger charge is -2.07.